The zero-order valence-corrected chi connectivity index (χ0v) is 11.9. The Kier molecular flexibility index (Phi) is 4.69. The smallest absolute Gasteiger partial charge is 0.352 e. The molecule has 0 aliphatic carbocycles. The number of hydrogen-bond donors (Lipinski definition) is 3. The van der Waals surface area contributed by atoms with Crippen molar-refractivity contribution in [3.8, 4) is 0 Å². The summed E-state index contributed by atoms with van der Waals surface area (Å²) in [7, 11) is 0. The quantitative estimate of drug-likeness (QED) is 0.332. The van der Waals surface area contributed by atoms with Gasteiger partial charge < -0.3 is 19.8 Å². The number of fused-ring (bicyclic) bond motifs is 1. The monoisotopic (exact) mass is 302 g/mol. The molecule has 7 nitrogen and oxygen atoms in total. The highest BCUT2D eigenvalue weighted by Gasteiger charge is 2.56. The molecule has 0 aromatic carbocycles. The molecular formula is C12H18N2O5S. The van der Waals surface area contributed by atoms with Crippen LogP contribution in [0.4, 0.5) is 0 Å². The number of carboxylic acid groups (broad SMARTS) is 1. The third-order valence-corrected chi connectivity index (χ3v) is 4.05. The fraction of sp³-hybridized carbons (Fsp3) is 0.667. The van der Waals surface area contributed by atoms with Gasteiger partial charge in [0.25, 0.3) is 0 Å². The second kappa shape index (κ2) is 6.13. The van der Waals surface area contributed by atoms with Crippen molar-refractivity contribution in [2.45, 2.75) is 25.5 Å². The average Bonchev–Trinajstić information content (AvgIpc) is 2.69. The van der Waals surface area contributed by atoms with Crippen molar-refractivity contribution >= 4 is 23.8 Å². The lowest BCUT2D eigenvalue weighted by Gasteiger charge is -2.44. The van der Waals surface area contributed by atoms with Gasteiger partial charge in [0.15, 0.2) is 0 Å². The lowest BCUT2D eigenvalue weighted by atomic mass is 9.83. The standard InChI is InChI=1S/C12H18N2O5S/c1-6(15)9-8-4-7(5-19-2-3-20-13)10(12(17)18)14(8)11(9)16/h6,8-9,15H,2-5,13H2,1H3,(H,17,18). The van der Waals surface area contributed by atoms with Crippen molar-refractivity contribution in [1.82, 2.24) is 4.90 Å². The number of β-lactam (4-membered cyclic amide) rings is 1. The van der Waals surface area contributed by atoms with E-state index in [1.807, 2.05) is 0 Å². The fourth-order valence-corrected chi connectivity index (χ4v) is 3.01. The minimum Gasteiger partial charge on any atom is -0.477 e. The van der Waals surface area contributed by atoms with Crippen molar-refractivity contribution in [1.29, 1.82) is 0 Å². The molecule has 2 aliphatic rings. The highest BCUT2D eigenvalue weighted by atomic mass is 32.2. The summed E-state index contributed by atoms with van der Waals surface area (Å²) in [5, 5.41) is 24.1. The van der Waals surface area contributed by atoms with E-state index in [-0.39, 0.29) is 24.3 Å². The summed E-state index contributed by atoms with van der Waals surface area (Å²) in [4.78, 5) is 24.5. The third kappa shape index (κ3) is 2.56. The number of amides is 1. The predicted octanol–water partition coefficient (Wildman–Crippen LogP) is -0.440. The van der Waals surface area contributed by atoms with E-state index in [1.165, 1.54) is 4.90 Å². The Morgan fingerprint density at radius 3 is 2.90 bits per heavy atom. The molecule has 3 unspecified atom stereocenters. The minimum atomic E-state index is -1.13. The van der Waals surface area contributed by atoms with Crippen LogP contribution in [-0.2, 0) is 14.3 Å². The highest BCUT2D eigenvalue weighted by Crippen LogP contribution is 2.43. The summed E-state index contributed by atoms with van der Waals surface area (Å²) >= 11 is 1.15. The van der Waals surface area contributed by atoms with Gasteiger partial charge in [-0.25, -0.2) is 4.79 Å². The van der Waals surface area contributed by atoms with Crippen LogP contribution in [0.2, 0.25) is 0 Å². The van der Waals surface area contributed by atoms with E-state index in [9.17, 15) is 19.8 Å². The van der Waals surface area contributed by atoms with Gasteiger partial charge in [-0.3, -0.25) is 9.93 Å². The van der Waals surface area contributed by atoms with Gasteiger partial charge in [-0.15, -0.1) is 0 Å². The Morgan fingerprint density at radius 2 is 2.35 bits per heavy atom. The molecule has 2 rings (SSSR count). The summed E-state index contributed by atoms with van der Waals surface area (Å²) in [6.07, 6.45) is -0.327. The molecule has 112 valence electrons. The number of nitrogens with zero attached hydrogens (tertiary/aromatic N) is 1. The summed E-state index contributed by atoms with van der Waals surface area (Å²) < 4.78 is 5.37. The predicted molar refractivity (Wildman–Crippen MR) is 72.5 cm³/mol. The third-order valence-electron chi connectivity index (χ3n) is 3.64. The molecule has 2 aliphatic heterocycles. The first-order valence-electron chi connectivity index (χ1n) is 6.35. The Bertz CT molecular complexity index is 451. The van der Waals surface area contributed by atoms with Crippen LogP contribution in [0, 0.1) is 5.92 Å². The largest absolute Gasteiger partial charge is 0.477 e. The number of carbonyl (C=O) groups excluding carboxylic acids is 1. The van der Waals surface area contributed by atoms with Crippen molar-refractivity contribution in [3.05, 3.63) is 11.3 Å². The van der Waals surface area contributed by atoms with Gasteiger partial charge in [-0.05, 0) is 18.9 Å². The van der Waals surface area contributed by atoms with Crippen molar-refractivity contribution in [2.24, 2.45) is 11.1 Å². The molecule has 1 amide bonds. The number of ether oxygens (including phenoxy) is 1. The Balaban J connectivity index is 2.07. The second-order valence-corrected chi connectivity index (χ2v) is 5.67. The van der Waals surface area contributed by atoms with E-state index >= 15 is 0 Å². The molecule has 0 aromatic heterocycles. The van der Waals surface area contributed by atoms with Gasteiger partial charge in [-0.1, -0.05) is 11.9 Å². The Hall–Kier alpha value is -1.09. The summed E-state index contributed by atoms with van der Waals surface area (Å²) in [5.74, 6) is -1.34. The number of carboxylic acids is 1. The summed E-state index contributed by atoms with van der Waals surface area (Å²) in [6, 6.07) is -0.254. The minimum absolute atomic E-state index is 0.0114. The highest BCUT2D eigenvalue weighted by molar-refractivity contribution is 7.97. The number of aliphatic hydroxyl groups is 1. The van der Waals surface area contributed by atoms with Gasteiger partial charge in [0, 0.05) is 5.75 Å². The molecule has 8 heteroatoms. The number of aliphatic carboxylic acids is 1. The van der Waals surface area contributed by atoms with Gasteiger partial charge in [-0.2, -0.15) is 0 Å². The fourth-order valence-electron chi connectivity index (χ4n) is 2.79. The number of rotatable bonds is 7. The molecule has 0 saturated carbocycles. The average molecular weight is 302 g/mol. The van der Waals surface area contributed by atoms with Crippen LogP contribution >= 0.6 is 11.9 Å². The van der Waals surface area contributed by atoms with Gasteiger partial charge in [0.05, 0.1) is 31.3 Å². The van der Waals surface area contributed by atoms with E-state index < -0.39 is 18.0 Å². The zero-order chi connectivity index (χ0) is 14.9. The SMILES string of the molecule is CC(O)C1C(=O)N2C(C(=O)O)=C(COCCSN)CC12. The summed E-state index contributed by atoms with van der Waals surface area (Å²) in [5.41, 5.74) is 0.610. The zero-order valence-electron chi connectivity index (χ0n) is 11.1. The van der Waals surface area contributed by atoms with E-state index in [1.54, 1.807) is 6.92 Å². The molecule has 2 heterocycles. The van der Waals surface area contributed by atoms with Crippen LogP contribution in [0.25, 0.3) is 0 Å². The lowest BCUT2D eigenvalue weighted by molar-refractivity contribution is -0.161. The Labute approximate surface area is 120 Å². The van der Waals surface area contributed by atoms with Crippen LogP contribution in [0.5, 0.6) is 0 Å². The number of hydrogen-bond acceptors (Lipinski definition) is 6. The first-order chi connectivity index (χ1) is 9.49. The molecule has 0 spiro atoms. The maximum absolute atomic E-state index is 11.9. The second-order valence-electron chi connectivity index (χ2n) is 4.93. The van der Waals surface area contributed by atoms with Crippen LogP contribution in [0.3, 0.4) is 0 Å². The summed E-state index contributed by atoms with van der Waals surface area (Å²) in [6.45, 7) is 2.15. The molecule has 0 aromatic rings. The van der Waals surface area contributed by atoms with Gasteiger partial charge in [0.1, 0.15) is 5.70 Å². The maximum Gasteiger partial charge on any atom is 0.352 e. The van der Waals surface area contributed by atoms with E-state index in [0.717, 1.165) is 11.9 Å². The Morgan fingerprint density at radius 1 is 1.65 bits per heavy atom. The molecule has 1 fully saturated rings. The van der Waals surface area contributed by atoms with Gasteiger partial charge in [0.2, 0.25) is 5.91 Å². The van der Waals surface area contributed by atoms with Crippen molar-refractivity contribution in [2.75, 3.05) is 19.0 Å². The molecule has 3 atom stereocenters. The first kappa shape index (κ1) is 15.3. The van der Waals surface area contributed by atoms with Crippen LogP contribution in [-0.4, -0.2) is 58.1 Å². The van der Waals surface area contributed by atoms with Crippen LogP contribution in [0.15, 0.2) is 11.3 Å². The topological polar surface area (TPSA) is 113 Å². The molecule has 20 heavy (non-hydrogen) atoms. The number of nitrogens with two attached hydrogens (primary N) is 1. The molecule has 1 saturated heterocycles. The van der Waals surface area contributed by atoms with Gasteiger partial charge >= 0.3 is 5.97 Å². The molecule has 4 N–H and O–H groups in total. The van der Waals surface area contributed by atoms with Crippen molar-refractivity contribution in [3.63, 3.8) is 0 Å². The van der Waals surface area contributed by atoms with Crippen LogP contribution in [0.1, 0.15) is 13.3 Å². The van der Waals surface area contributed by atoms with Crippen LogP contribution < -0.4 is 5.14 Å². The van der Waals surface area contributed by atoms with Crippen molar-refractivity contribution < 1.29 is 24.5 Å². The first-order valence-corrected chi connectivity index (χ1v) is 7.39. The molecule has 0 bridgehead atoms. The normalized spacial score (nSPS) is 26.6. The number of aliphatic hydroxyl groups excluding tert-OH is 1. The van der Waals surface area contributed by atoms with E-state index in [4.69, 9.17) is 9.88 Å². The van der Waals surface area contributed by atoms with E-state index in [0.29, 0.717) is 24.4 Å². The maximum atomic E-state index is 11.9. The number of carbonyl (C=O) groups is 2. The molecule has 0 radical (unpaired) electrons. The lowest BCUT2D eigenvalue weighted by Crippen LogP contribution is -2.61. The van der Waals surface area contributed by atoms with E-state index in [2.05, 4.69) is 0 Å². The molecular weight excluding hydrogens is 284 g/mol.